The molecule has 104 valence electrons. The van der Waals surface area contributed by atoms with Crippen molar-refractivity contribution >= 4 is 28.1 Å². The maximum Gasteiger partial charge on any atom is 0.197 e. The van der Waals surface area contributed by atoms with Crippen LogP contribution < -0.4 is 5.32 Å². The summed E-state index contributed by atoms with van der Waals surface area (Å²) in [7, 11) is 1.95. The molecule has 0 aromatic carbocycles. The summed E-state index contributed by atoms with van der Waals surface area (Å²) >= 11 is 3.23. The molecule has 1 aliphatic carbocycles. The van der Waals surface area contributed by atoms with Crippen LogP contribution in [0.5, 0.6) is 0 Å². The molecule has 0 unspecified atom stereocenters. The van der Waals surface area contributed by atoms with Gasteiger partial charge in [-0.2, -0.15) is 0 Å². The topological polar surface area (TPSA) is 60.0 Å². The van der Waals surface area contributed by atoms with E-state index in [9.17, 15) is 0 Å². The quantitative estimate of drug-likeness (QED) is 0.780. The second-order valence-corrected chi connectivity index (χ2v) is 6.73. The third kappa shape index (κ3) is 2.23. The molecule has 3 aromatic rings. The Bertz CT molecular complexity index is 738. The Morgan fingerprint density at radius 3 is 3.15 bits per heavy atom. The lowest BCUT2D eigenvalue weighted by atomic mass is 10.4. The molecule has 0 radical (unpaired) electrons. The molecule has 4 rings (SSSR count). The minimum Gasteiger partial charge on any atom is -0.311 e. The molecule has 3 heterocycles. The first-order valence-electron chi connectivity index (χ1n) is 6.51. The van der Waals surface area contributed by atoms with Gasteiger partial charge < -0.3 is 9.88 Å². The Morgan fingerprint density at radius 1 is 1.50 bits per heavy atom. The average molecular weight is 306 g/mol. The van der Waals surface area contributed by atoms with Crippen LogP contribution in [0.4, 0.5) is 0 Å². The number of hydrogen-bond acceptors (Lipinski definition) is 6. The lowest BCUT2D eigenvalue weighted by Gasteiger charge is -2.04. The first-order valence-corrected chi connectivity index (χ1v) is 8.20. The molecule has 0 bridgehead atoms. The lowest BCUT2D eigenvalue weighted by Crippen LogP contribution is -2.17. The van der Waals surface area contributed by atoms with Crippen molar-refractivity contribution in [1.82, 2.24) is 29.5 Å². The van der Waals surface area contributed by atoms with Gasteiger partial charge in [-0.25, -0.2) is 4.98 Å². The summed E-state index contributed by atoms with van der Waals surface area (Å²) in [6.07, 6.45) is 6.37. The van der Waals surface area contributed by atoms with Gasteiger partial charge in [-0.05, 0) is 24.6 Å². The van der Waals surface area contributed by atoms with E-state index in [1.54, 1.807) is 29.4 Å². The van der Waals surface area contributed by atoms with Gasteiger partial charge in [-0.1, -0.05) is 0 Å². The Morgan fingerprint density at radius 2 is 2.40 bits per heavy atom. The number of aromatic nitrogens is 5. The van der Waals surface area contributed by atoms with Gasteiger partial charge in [0.15, 0.2) is 10.1 Å². The van der Waals surface area contributed by atoms with Crippen molar-refractivity contribution < 1.29 is 0 Å². The molecule has 8 heteroatoms. The molecule has 1 N–H and O–H groups in total. The average Bonchev–Trinajstić information content (AvgIpc) is 2.85. The van der Waals surface area contributed by atoms with Crippen LogP contribution in [-0.2, 0) is 13.6 Å². The maximum absolute atomic E-state index is 4.71. The van der Waals surface area contributed by atoms with Crippen LogP contribution in [0.15, 0.2) is 28.1 Å². The molecule has 1 saturated carbocycles. The van der Waals surface area contributed by atoms with E-state index in [2.05, 4.69) is 31.5 Å². The van der Waals surface area contributed by atoms with Gasteiger partial charge in [0, 0.05) is 31.2 Å². The van der Waals surface area contributed by atoms with Crippen LogP contribution in [0.3, 0.4) is 0 Å². The number of nitrogens with one attached hydrogen (secondary N) is 1. The van der Waals surface area contributed by atoms with E-state index < -0.39 is 0 Å². The summed E-state index contributed by atoms with van der Waals surface area (Å²) in [5.41, 5.74) is 1.21. The number of rotatable bonds is 5. The van der Waals surface area contributed by atoms with Crippen molar-refractivity contribution in [2.24, 2.45) is 7.05 Å². The van der Waals surface area contributed by atoms with Crippen molar-refractivity contribution in [3.63, 3.8) is 0 Å². The predicted molar refractivity (Wildman–Crippen MR) is 78.1 cm³/mol. The fourth-order valence-corrected chi connectivity index (χ4v) is 3.70. The Labute approximate surface area is 124 Å². The molecule has 3 aromatic heterocycles. The van der Waals surface area contributed by atoms with Gasteiger partial charge in [0.05, 0.1) is 5.69 Å². The summed E-state index contributed by atoms with van der Waals surface area (Å²) in [6, 6.07) is 0.687. The SMILES string of the molecule is Cn1cnnc1Sc1nc2sccn2c1CNC1CC1. The van der Waals surface area contributed by atoms with Crippen LogP contribution >= 0.6 is 23.1 Å². The summed E-state index contributed by atoms with van der Waals surface area (Å²) in [6.45, 7) is 0.850. The third-order valence-corrected chi connectivity index (χ3v) is 5.15. The van der Waals surface area contributed by atoms with Crippen LogP contribution in [0.25, 0.3) is 4.96 Å². The monoisotopic (exact) mass is 306 g/mol. The van der Waals surface area contributed by atoms with Crippen LogP contribution in [0, 0.1) is 0 Å². The minimum absolute atomic E-state index is 0.687. The molecule has 0 aliphatic heterocycles. The largest absolute Gasteiger partial charge is 0.311 e. The zero-order valence-electron chi connectivity index (χ0n) is 11.0. The second-order valence-electron chi connectivity index (χ2n) is 4.90. The van der Waals surface area contributed by atoms with E-state index in [1.165, 1.54) is 18.5 Å². The predicted octanol–water partition coefficient (Wildman–Crippen LogP) is 1.93. The van der Waals surface area contributed by atoms with Gasteiger partial charge in [0.1, 0.15) is 11.4 Å². The molecule has 6 nitrogen and oxygen atoms in total. The molecule has 0 spiro atoms. The number of imidazole rings is 1. The molecule has 20 heavy (non-hydrogen) atoms. The summed E-state index contributed by atoms with van der Waals surface area (Å²) < 4.78 is 4.08. The van der Waals surface area contributed by atoms with Crippen molar-refractivity contribution in [2.75, 3.05) is 0 Å². The van der Waals surface area contributed by atoms with E-state index in [-0.39, 0.29) is 0 Å². The maximum atomic E-state index is 4.71. The zero-order valence-corrected chi connectivity index (χ0v) is 12.6. The number of aryl methyl sites for hydroxylation is 1. The lowest BCUT2D eigenvalue weighted by molar-refractivity contribution is 0.660. The van der Waals surface area contributed by atoms with E-state index in [0.29, 0.717) is 6.04 Å². The molecule has 0 saturated heterocycles. The normalized spacial score (nSPS) is 15.2. The fraction of sp³-hybridized carbons (Fsp3) is 0.417. The molecule has 0 atom stereocenters. The highest BCUT2D eigenvalue weighted by molar-refractivity contribution is 7.99. The Hall–Kier alpha value is -1.38. The fourth-order valence-electron chi connectivity index (χ4n) is 2.04. The Kier molecular flexibility index (Phi) is 3.01. The summed E-state index contributed by atoms with van der Waals surface area (Å²) in [5.74, 6) is 0. The number of hydrogen-bond donors (Lipinski definition) is 1. The highest BCUT2D eigenvalue weighted by Gasteiger charge is 2.23. The highest BCUT2D eigenvalue weighted by atomic mass is 32.2. The van der Waals surface area contributed by atoms with E-state index >= 15 is 0 Å². The van der Waals surface area contributed by atoms with Gasteiger partial charge in [-0.15, -0.1) is 21.5 Å². The first-order chi connectivity index (χ1) is 9.81. The molecular formula is C12H14N6S2. The van der Waals surface area contributed by atoms with Crippen LogP contribution in [-0.4, -0.2) is 30.2 Å². The third-order valence-electron chi connectivity index (χ3n) is 3.32. The zero-order chi connectivity index (χ0) is 13.5. The van der Waals surface area contributed by atoms with Crippen LogP contribution in [0.2, 0.25) is 0 Å². The van der Waals surface area contributed by atoms with Crippen LogP contribution in [0.1, 0.15) is 18.5 Å². The van der Waals surface area contributed by atoms with E-state index in [4.69, 9.17) is 4.98 Å². The van der Waals surface area contributed by atoms with Crippen molar-refractivity contribution in [3.05, 3.63) is 23.6 Å². The summed E-state index contributed by atoms with van der Waals surface area (Å²) in [4.78, 5) is 5.74. The highest BCUT2D eigenvalue weighted by Crippen LogP contribution is 2.31. The van der Waals surface area contributed by atoms with E-state index in [1.807, 2.05) is 11.6 Å². The number of thiazole rings is 1. The molecule has 1 fully saturated rings. The first kappa shape index (κ1) is 12.4. The van der Waals surface area contributed by atoms with Gasteiger partial charge in [0.25, 0.3) is 0 Å². The summed E-state index contributed by atoms with van der Waals surface area (Å²) in [5, 5.41) is 15.6. The van der Waals surface area contributed by atoms with Gasteiger partial charge in [0.2, 0.25) is 0 Å². The van der Waals surface area contributed by atoms with Gasteiger partial charge in [-0.3, -0.25) is 4.40 Å². The molecule has 0 amide bonds. The van der Waals surface area contributed by atoms with Gasteiger partial charge >= 0.3 is 0 Å². The number of nitrogens with zero attached hydrogens (tertiary/aromatic N) is 5. The Balaban J connectivity index is 1.67. The van der Waals surface area contributed by atoms with E-state index in [0.717, 1.165) is 21.7 Å². The molecule has 1 aliphatic rings. The molecular weight excluding hydrogens is 292 g/mol. The number of fused-ring (bicyclic) bond motifs is 1. The standard InChI is InChI=1S/C12H14N6S2/c1-17-7-14-16-12(17)20-10-9(6-13-8-2-3-8)18-4-5-19-11(18)15-10/h4-5,7-8,13H,2-3,6H2,1H3. The van der Waals surface area contributed by atoms with Crippen molar-refractivity contribution in [2.45, 2.75) is 35.6 Å². The smallest absolute Gasteiger partial charge is 0.197 e. The van der Waals surface area contributed by atoms with Crippen molar-refractivity contribution in [1.29, 1.82) is 0 Å². The van der Waals surface area contributed by atoms with Crippen molar-refractivity contribution in [3.8, 4) is 0 Å². The minimum atomic E-state index is 0.687. The second kappa shape index (κ2) is 4.87.